The third-order valence-corrected chi connectivity index (χ3v) is 2.78. The van der Waals surface area contributed by atoms with Crippen LogP contribution in [0.25, 0.3) is 0 Å². The molecule has 0 aliphatic carbocycles. The molecule has 2 aromatic rings. The highest BCUT2D eigenvalue weighted by molar-refractivity contribution is 6.30. The molecule has 0 atom stereocenters. The number of nitro groups is 1. The average Bonchev–Trinajstić information content (AvgIpc) is 2.40. The van der Waals surface area contributed by atoms with Gasteiger partial charge in [-0.2, -0.15) is 0 Å². The summed E-state index contributed by atoms with van der Waals surface area (Å²) in [5.41, 5.74) is 0.0565. The fourth-order valence-electron chi connectivity index (χ4n) is 1.61. The Bertz CT molecular complexity index is 732. The minimum absolute atomic E-state index is 0.116. The second-order valence-corrected chi connectivity index (χ2v) is 4.58. The molecule has 8 heteroatoms. The number of hydrogen-bond donors (Lipinski definition) is 1. The molecule has 0 aliphatic heterocycles. The maximum absolute atomic E-state index is 11.1. The van der Waals surface area contributed by atoms with Crippen molar-refractivity contribution in [3.05, 3.63) is 56.7 Å². The van der Waals surface area contributed by atoms with Gasteiger partial charge in [-0.15, -0.1) is 0 Å². The van der Waals surface area contributed by atoms with Gasteiger partial charge in [0.25, 0.3) is 5.88 Å². The summed E-state index contributed by atoms with van der Waals surface area (Å²) in [5.74, 6) is -1.65. The number of halogens is 1. The Morgan fingerprint density at radius 3 is 2.76 bits per heavy atom. The van der Waals surface area contributed by atoms with Gasteiger partial charge >= 0.3 is 11.7 Å². The third-order valence-electron chi connectivity index (χ3n) is 2.55. The van der Waals surface area contributed by atoms with E-state index in [0.29, 0.717) is 5.56 Å². The van der Waals surface area contributed by atoms with Crippen LogP contribution in [0.1, 0.15) is 15.9 Å². The molecule has 0 bridgehead atoms. The van der Waals surface area contributed by atoms with E-state index in [1.807, 2.05) is 0 Å². The smallest absolute Gasteiger partial charge is 0.339 e. The van der Waals surface area contributed by atoms with Gasteiger partial charge in [-0.05, 0) is 24.6 Å². The van der Waals surface area contributed by atoms with Crippen LogP contribution in [0.3, 0.4) is 0 Å². The number of ether oxygens (including phenoxy) is 1. The molecule has 0 saturated carbocycles. The van der Waals surface area contributed by atoms with Crippen LogP contribution in [0.15, 0.2) is 30.5 Å². The molecule has 0 saturated heterocycles. The lowest BCUT2D eigenvalue weighted by Crippen LogP contribution is -2.02. The summed E-state index contributed by atoms with van der Waals surface area (Å²) >= 11 is 5.79. The first-order chi connectivity index (χ1) is 9.88. The first kappa shape index (κ1) is 14.7. The van der Waals surface area contributed by atoms with Crippen LogP contribution < -0.4 is 4.74 Å². The number of pyridine rings is 1. The standard InChI is InChI=1S/C13H9ClN2O5/c1-7-4-10(16(19)20)12(15-6-7)21-11-5-8(14)2-3-9(11)13(17)18/h2-6H,1H3,(H,17,18). The van der Waals surface area contributed by atoms with Crippen LogP contribution in [0, 0.1) is 17.0 Å². The molecular formula is C13H9ClN2O5. The predicted molar refractivity (Wildman–Crippen MR) is 74.1 cm³/mol. The summed E-state index contributed by atoms with van der Waals surface area (Å²) in [6.45, 7) is 1.64. The Hall–Kier alpha value is -2.67. The zero-order valence-corrected chi connectivity index (χ0v) is 11.5. The molecule has 0 radical (unpaired) electrons. The predicted octanol–water partition coefficient (Wildman–Crippen LogP) is 3.44. The minimum atomic E-state index is -1.24. The third kappa shape index (κ3) is 3.26. The van der Waals surface area contributed by atoms with Crippen molar-refractivity contribution in [2.45, 2.75) is 6.92 Å². The van der Waals surface area contributed by atoms with Crippen molar-refractivity contribution in [2.75, 3.05) is 0 Å². The Morgan fingerprint density at radius 1 is 1.43 bits per heavy atom. The fourth-order valence-corrected chi connectivity index (χ4v) is 1.77. The Kier molecular flexibility index (Phi) is 4.04. The largest absolute Gasteiger partial charge is 0.478 e. The fraction of sp³-hybridized carbons (Fsp3) is 0.0769. The first-order valence-electron chi connectivity index (χ1n) is 5.70. The van der Waals surface area contributed by atoms with Gasteiger partial charge in [0.05, 0.1) is 4.92 Å². The van der Waals surface area contributed by atoms with Crippen molar-refractivity contribution >= 4 is 23.3 Å². The SMILES string of the molecule is Cc1cnc(Oc2cc(Cl)ccc2C(=O)O)c([N+](=O)[O-])c1. The molecule has 1 heterocycles. The molecule has 0 fully saturated rings. The van der Waals surface area contributed by atoms with Crippen molar-refractivity contribution < 1.29 is 19.6 Å². The van der Waals surface area contributed by atoms with Gasteiger partial charge in [-0.1, -0.05) is 11.6 Å². The molecule has 1 aromatic heterocycles. The van der Waals surface area contributed by atoms with Crippen LogP contribution in [0.5, 0.6) is 11.6 Å². The number of carboxylic acid groups (broad SMARTS) is 1. The normalized spacial score (nSPS) is 10.2. The highest BCUT2D eigenvalue weighted by Crippen LogP contribution is 2.33. The first-order valence-corrected chi connectivity index (χ1v) is 6.08. The van der Waals surface area contributed by atoms with E-state index in [4.69, 9.17) is 21.4 Å². The van der Waals surface area contributed by atoms with Crippen molar-refractivity contribution in [2.24, 2.45) is 0 Å². The maximum Gasteiger partial charge on any atom is 0.339 e. The summed E-state index contributed by atoms with van der Waals surface area (Å²) in [5, 5.41) is 20.3. The number of aromatic nitrogens is 1. The lowest BCUT2D eigenvalue weighted by molar-refractivity contribution is -0.386. The van der Waals surface area contributed by atoms with E-state index in [1.54, 1.807) is 6.92 Å². The maximum atomic E-state index is 11.1. The van der Waals surface area contributed by atoms with E-state index in [1.165, 1.54) is 30.5 Å². The van der Waals surface area contributed by atoms with E-state index in [9.17, 15) is 14.9 Å². The molecule has 0 spiro atoms. The van der Waals surface area contributed by atoms with E-state index in [2.05, 4.69) is 4.98 Å². The van der Waals surface area contributed by atoms with Crippen LogP contribution in [0.2, 0.25) is 5.02 Å². The van der Waals surface area contributed by atoms with Crippen LogP contribution in [-0.4, -0.2) is 21.0 Å². The number of rotatable bonds is 4. The summed E-state index contributed by atoms with van der Waals surface area (Å²) in [7, 11) is 0. The van der Waals surface area contributed by atoms with Gasteiger partial charge in [0.1, 0.15) is 11.3 Å². The Labute approximate surface area is 123 Å². The highest BCUT2D eigenvalue weighted by Gasteiger charge is 2.20. The molecular weight excluding hydrogens is 300 g/mol. The molecule has 2 rings (SSSR count). The average molecular weight is 309 g/mol. The molecule has 7 nitrogen and oxygen atoms in total. The number of aromatic carboxylic acids is 1. The molecule has 0 aliphatic rings. The van der Waals surface area contributed by atoms with Crippen molar-refractivity contribution in [3.63, 3.8) is 0 Å². The van der Waals surface area contributed by atoms with Gasteiger partial charge < -0.3 is 9.84 Å². The van der Waals surface area contributed by atoms with Gasteiger partial charge in [-0.3, -0.25) is 10.1 Å². The number of benzene rings is 1. The van der Waals surface area contributed by atoms with E-state index in [-0.39, 0.29) is 27.9 Å². The molecule has 1 aromatic carbocycles. The van der Waals surface area contributed by atoms with Crippen molar-refractivity contribution in [1.82, 2.24) is 4.98 Å². The number of carboxylic acids is 1. The van der Waals surface area contributed by atoms with E-state index in [0.717, 1.165) is 0 Å². The number of hydrogen-bond acceptors (Lipinski definition) is 5. The Balaban J connectivity index is 2.50. The zero-order valence-electron chi connectivity index (χ0n) is 10.7. The van der Waals surface area contributed by atoms with Gasteiger partial charge in [0, 0.05) is 23.4 Å². The quantitative estimate of drug-likeness (QED) is 0.685. The van der Waals surface area contributed by atoms with Crippen LogP contribution >= 0.6 is 11.6 Å². The van der Waals surface area contributed by atoms with Crippen LogP contribution in [0.4, 0.5) is 5.69 Å². The minimum Gasteiger partial charge on any atom is -0.478 e. The number of aryl methyl sites for hydroxylation is 1. The van der Waals surface area contributed by atoms with Gasteiger partial charge in [0.15, 0.2) is 0 Å². The van der Waals surface area contributed by atoms with E-state index >= 15 is 0 Å². The van der Waals surface area contributed by atoms with Crippen molar-refractivity contribution in [1.29, 1.82) is 0 Å². The lowest BCUT2D eigenvalue weighted by Gasteiger charge is -2.08. The molecule has 21 heavy (non-hydrogen) atoms. The van der Waals surface area contributed by atoms with Gasteiger partial charge in [-0.25, -0.2) is 9.78 Å². The Morgan fingerprint density at radius 2 is 2.14 bits per heavy atom. The monoisotopic (exact) mass is 308 g/mol. The summed E-state index contributed by atoms with van der Waals surface area (Å²) < 4.78 is 5.28. The van der Waals surface area contributed by atoms with Gasteiger partial charge in [0.2, 0.25) is 0 Å². The number of nitrogens with zero attached hydrogens (tertiary/aromatic N) is 2. The second kappa shape index (κ2) is 5.76. The highest BCUT2D eigenvalue weighted by atomic mass is 35.5. The van der Waals surface area contributed by atoms with E-state index < -0.39 is 10.9 Å². The lowest BCUT2D eigenvalue weighted by atomic mass is 10.2. The second-order valence-electron chi connectivity index (χ2n) is 4.14. The topological polar surface area (TPSA) is 103 Å². The molecule has 1 N–H and O–H groups in total. The molecule has 108 valence electrons. The molecule has 0 amide bonds. The number of carbonyl (C=O) groups is 1. The van der Waals surface area contributed by atoms with Crippen molar-refractivity contribution in [3.8, 4) is 11.6 Å². The molecule has 0 unspecified atom stereocenters. The summed E-state index contributed by atoms with van der Waals surface area (Å²) in [4.78, 5) is 25.3. The summed E-state index contributed by atoms with van der Waals surface area (Å²) in [6, 6.07) is 5.18. The zero-order chi connectivity index (χ0) is 15.6. The summed E-state index contributed by atoms with van der Waals surface area (Å²) in [6.07, 6.45) is 1.38. The van der Waals surface area contributed by atoms with Crippen LogP contribution in [-0.2, 0) is 0 Å².